The first-order valence-corrected chi connectivity index (χ1v) is 5.34. The van der Waals surface area contributed by atoms with Gasteiger partial charge in [-0.2, -0.15) is 5.26 Å². The lowest BCUT2D eigenvalue weighted by Gasteiger charge is -2.32. The van der Waals surface area contributed by atoms with Gasteiger partial charge in [0.2, 0.25) is 0 Å². The van der Waals surface area contributed by atoms with Gasteiger partial charge >= 0.3 is 0 Å². The van der Waals surface area contributed by atoms with Gasteiger partial charge < -0.3 is 10.0 Å². The summed E-state index contributed by atoms with van der Waals surface area (Å²) in [4.78, 5) is 1.95. The van der Waals surface area contributed by atoms with Crippen LogP contribution in [0.4, 0.5) is 10.1 Å². The number of nitriles is 1. The van der Waals surface area contributed by atoms with E-state index >= 15 is 0 Å². The number of aliphatic hydroxyl groups is 1. The fraction of sp³-hybridized carbons (Fsp3) is 0.417. The summed E-state index contributed by atoms with van der Waals surface area (Å²) in [7, 11) is 0. The summed E-state index contributed by atoms with van der Waals surface area (Å²) in [5.41, 5.74) is 0.730. The number of nitrogens with zero attached hydrogens (tertiary/aromatic N) is 2. The number of hydrogen-bond acceptors (Lipinski definition) is 3. The molecule has 1 aliphatic heterocycles. The van der Waals surface area contributed by atoms with Gasteiger partial charge in [0.15, 0.2) is 0 Å². The molecule has 0 unspecified atom stereocenters. The smallest absolute Gasteiger partial charge is 0.143 e. The van der Waals surface area contributed by atoms with Crippen LogP contribution in [-0.4, -0.2) is 24.3 Å². The zero-order valence-corrected chi connectivity index (χ0v) is 8.86. The molecule has 1 fully saturated rings. The molecule has 0 amide bonds. The zero-order chi connectivity index (χ0) is 11.5. The fourth-order valence-corrected chi connectivity index (χ4v) is 1.99. The van der Waals surface area contributed by atoms with Crippen molar-refractivity contribution in [1.29, 1.82) is 5.26 Å². The zero-order valence-electron chi connectivity index (χ0n) is 8.86. The van der Waals surface area contributed by atoms with Crippen LogP contribution >= 0.6 is 0 Å². The minimum Gasteiger partial charge on any atom is -0.393 e. The molecule has 0 aromatic heterocycles. The highest BCUT2D eigenvalue weighted by molar-refractivity contribution is 5.60. The van der Waals surface area contributed by atoms with E-state index in [0.717, 1.165) is 0 Å². The minimum atomic E-state index is -0.480. The van der Waals surface area contributed by atoms with Crippen LogP contribution in [0, 0.1) is 17.1 Å². The van der Waals surface area contributed by atoms with Crippen LogP contribution in [0.3, 0.4) is 0 Å². The third-order valence-corrected chi connectivity index (χ3v) is 2.91. The van der Waals surface area contributed by atoms with E-state index in [1.807, 2.05) is 11.0 Å². The molecule has 1 N–H and O–H groups in total. The van der Waals surface area contributed by atoms with Gasteiger partial charge in [-0.1, -0.05) is 6.07 Å². The van der Waals surface area contributed by atoms with Gasteiger partial charge in [-0.05, 0) is 25.0 Å². The van der Waals surface area contributed by atoms with Crippen molar-refractivity contribution < 1.29 is 9.50 Å². The average Bonchev–Trinajstić information content (AvgIpc) is 2.30. The predicted octanol–water partition coefficient (Wildman–Crippen LogP) is 1.66. The van der Waals surface area contributed by atoms with Crippen molar-refractivity contribution in [3.05, 3.63) is 29.6 Å². The van der Waals surface area contributed by atoms with Crippen LogP contribution in [0.25, 0.3) is 0 Å². The number of halogens is 1. The van der Waals surface area contributed by atoms with Crippen LogP contribution in [0.15, 0.2) is 18.2 Å². The Labute approximate surface area is 93.7 Å². The first-order chi connectivity index (χ1) is 7.72. The van der Waals surface area contributed by atoms with Crippen molar-refractivity contribution in [2.75, 3.05) is 18.0 Å². The van der Waals surface area contributed by atoms with Gasteiger partial charge in [0.25, 0.3) is 0 Å². The van der Waals surface area contributed by atoms with E-state index in [4.69, 9.17) is 5.26 Å². The molecule has 1 aromatic rings. The Bertz CT molecular complexity index is 420. The maximum atomic E-state index is 13.4. The van der Waals surface area contributed by atoms with Crippen molar-refractivity contribution in [3.8, 4) is 6.07 Å². The molecule has 1 saturated heterocycles. The third kappa shape index (κ3) is 2.00. The van der Waals surface area contributed by atoms with Crippen LogP contribution in [0.2, 0.25) is 0 Å². The first-order valence-electron chi connectivity index (χ1n) is 5.34. The molecule has 16 heavy (non-hydrogen) atoms. The molecule has 0 bridgehead atoms. The second-order valence-corrected chi connectivity index (χ2v) is 3.96. The first kappa shape index (κ1) is 10.9. The fourth-order valence-electron chi connectivity index (χ4n) is 1.99. The highest BCUT2D eigenvalue weighted by Gasteiger charge is 2.20. The van der Waals surface area contributed by atoms with Gasteiger partial charge in [-0.3, -0.25) is 0 Å². The van der Waals surface area contributed by atoms with Crippen LogP contribution in [0.1, 0.15) is 18.4 Å². The van der Waals surface area contributed by atoms with E-state index in [-0.39, 0.29) is 11.7 Å². The van der Waals surface area contributed by atoms with Crippen molar-refractivity contribution in [1.82, 2.24) is 0 Å². The topological polar surface area (TPSA) is 47.3 Å². The molecule has 1 heterocycles. The molecule has 0 atom stereocenters. The Kier molecular flexibility index (Phi) is 3.07. The minimum absolute atomic E-state index is 0.0962. The van der Waals surface area contributed by atoms with Crippen molar-refractivity contribution in [2.24, 2.45) is 0 Å². The summed E-state index contributed by atoms with van der Waals surface area (Å²) in [5, 5.41) is 18.3. The second-order valence-electron chi connectivity index (χ2n) is 3.96. The number of anilines is 1. The van der Waals surface area contributed by atoms with E-state index in [0.29, 0.717) is 31.6 Å². The molecular formula is C12H13FN2O. The Morgan fingerprint density at radius 3 is 2.69 bits per heavy atom. The molecule has 1 aliphatic rings. The third-order valence-electron chi connectivity index (χ3n) is 2.91. The molecule has 0 spiro atoms. The highest BCUT2D eigenvalue weighted by atomic mass is 19.1. The van der Waals surface area contributed by atoms with E-state index in [9.17, 15) is 9.50 Å². The number of benzene rings is 1. The van der Waals surface area contributed by atoms with Gasteiger partial charge in [0, 0.05) is 13.1 Å². The van der Waals surface area contributed by atoms with Crippen LogP contribution in [-0.2, 0) is 0 Å². The van der Waals surface area contributed by atoms with Crippen molar-refractivity contribution in [2.45, 2.75) is 18.9 Å². The molecule has 2 rings (SSSR count). The summed E-state index contributed by atoms with van der Waals surface area (Å²) in [6.07, 6.45) is 1.07. The van der Waals surface area contributed by atoms with Gasteiger partial charge in [0.05, 0.1) is 11.8 Å². The standard InChI is InChI=1S/C12H13FN2O/c13-11-2-1-3-12(10(11)8-14)15-6-4-9(16)5-7-15/h1-3,9,16H,4-7H2. The summed E-state index contributed by atoms with van der Waals surface area (Å²) in [5.74, 6) is -0.480. The quantitative estimate of drug-likeness (QED) is 0.783. The molecule has 4 heteroatoms. The number of rotatable bonds is 1. The Morgan fingerprint density at radius 1 is 1.38 bits per heavy atom. The molecule has 84 valence electrons. The molecule has 3 nitrogen and oxygen atoms in total. The summed E-state index contributed by atoms with van der Waals surface area (Å²) >= 11 is 0. The molecule has 0 saturated carbocycles. The van der Waals surface area contributed by atoms with Crippen LogP contribution < -0.4 is 4.90 Å². The monoisotopic (exact) mass is 220 g/mol. The predicted molar refractivity (Wildman–Crippen MR) is 58.6 cm³/mol. The largest absolute Gasteiger partial charge is 0.393 e. The Balaban J connectivity index is 2.27. The summed E-state index contributed by atoms with van der Waals surface area (Å²) in [6, 6.07) is 6.54. The Hall–Kier alpha value is -1.60. The number of aliphatic hydroxyl groups excluding tert-OH is 1. The maximum absolute atomic E-state index is 13.4. The summed E-state index contributed by atoms with van der Waals surface area (Å²) < 4.78 is 13.4. The number of piperidine rings is 1. The van der Waals surface area contributed by atoms with E-state index < -0.39 is 5.82 Å². The summed E-state index contributed by atoms with van der Waals surface area (Å²) in [6.45, 7) is 1.33. The van der Waals surface area contributed by atoms with Gasteiger partial charge in [-0.15, -0.1) is 0 Å². The molecule has 0 radical (unpaired) electrons. The highest BCUT2D eigenvalue weighted by Crippen LogP contribution is 2.25. The SMILES string of the molecule is N#Cc1c(F)cccc1N1CCC(O)CC1. The van der Waals surface area contributed by atoms with Crippen LogP contribution in [0.5, 0.6) is 0 Å². The van der Waals surface area contributed by atoms with E-state index in [1.54, 1.807) is 12.1 Å². The van der Waals surface area contributed by atoms with E-state index in [1.165, 1.54) is 6.07 Å². The lowest BCUT2D eigenvalue weighted by atomic mass is 10.1. The van der Waals surface area contributed by atoms with Crippen molar-refractivity contribution >= 4 is 5.69 Å². The lowest BCUT2D eigenvalue weighted by Crippen LogP contribution is -2.36. The molecule has 1 aromatic carbocycles. The average molecular weight is 220 g/mol. The molecular weight excluding hydrogens is 207 g/mol. The van der Waals surface area contributed by atoms with Crippen molar-refractivity contribution in [3.63, 3.8) is 0 Å². The van der Waals surface area contributed by atoms with Gasteiger partial charge in [0.1, 0.15) is 17.4 Å². The normalized spacial score (nSPS) is 17.2. The Morgan fingerprint density at radius 2 is 2.06 bits per heavy atom. The lowest BCUT2D eigenvalue weighted by molar-refractivity contribution is 0.145. The van der Waals surface area contributed by atoms with E-state index in [2.05, 4.69) is 0 Å². The van der Waals surface area contributed by atoms with Gasteiger partial charge in [-0.25, -0.2) is 4.39 Å². The number of hydrogen-bond donors (Lipinski definition) is 1. The maximum Gasteiger partial charge on any atom is 0.143 e. The molecule has 0 aliphatic carbocycles. The second kappa shape index (κ2) is 4.50.